The summed E-state index contributed by atoms with van der Waals surface area (Å²) in [6.45, 7) is 2.45. The maximum Gasteiger partial charge on any atom is 0.233 e. The number of halogens is 1. The van der Waals surface area contributed by atoms with Crippen molar-refractivity contribution in [2.45, 2.75) is 5.16 Å². The second-order valence-electron chi connectivity index (χ2n) is 6.24. The van der Waals surface area contributed by atoms with Crippen LogP contribution in [0.2, 0.25) is 5.02 Å². The van der Waals surface area contributed by atoms with E-state index in [0.717, 1.165) is 11.3 Å². The molecule has 4 rings (SSSR count). The van der Waals surface area contributed by atoms with Gasteiger partial charge in [0.2, 0.25) is 5.91 Å². The minimum Gasteiger partial charge on any atom is -0.378 e. The average molecular weight is 415 g/mol. The summed E-state index contributed by atoms with van der Waals surface area (Å²) < 4.78 is 7.26. The first kappa shape index (κ1) is 19.0. The smallest absolute Gasteiger partial charge is 0.233 e. The second-order valence-corrected chi connectivity index (χ2v) is 7.59. The highest BCUT2D eigenvalue weighted by atomic mass is 35.5. The van der Waals surface area contributed by atoms with Crippen LogP contribution in [0.1, 0.15) is 0 Å². The summed E-state index contributed by atoms with van der Waals surface area (Å²) in [5.41, 5.74) is 1.72. The highest BCUT2D eigenvalue weighted by Gasteiger charge is 2.21. The molecule has 1 aromatic heterocycles. The largest absolute Gasteiger partial charge is 0.378 e. The molecule has 1 saturated heterocycles. The molecule has 8 heteroatoms. The highest BCUT2D eigenvalue weighted by molar-refractivity contribution is 7.99. The van der Waals surface area contributed by atoms with E-state index in [1.54, 1.807) is 0 Å². The number of hydrogen-bond donors (Lipinski definition) is 0. The van der Waals surface area contributed by atoms with Crippen LogP contribution in [0.25, 0.3) is 17.1 Å². The molecule has 0 unspecified atom stereocenters. The van der Waals surface area contributed by atoms with Crippen molar-refractivity contribution in [3.8, 4) is 17.1 Å². The molecule has 1 aliphatic heterocycles. The van der Waals surface area contributed by atoms with Crippen LogP contribution < -0.4 is 0 Å². The summed E-state index contributed by atoms with van der Waals surface area (Å²) >= 11 is 7.78. The number of thioether (sulfide) groups is 1. The number of morpholine rings is 1. The summed E-state index contributed by atoms with van der Waals surface area (Å²) in [7, 11) is 0. The number of para-hydroxylation sites is 1. The second kappa shape index (κ2) is 8.77. The standard InChI is InChI=1S/C20H19ClN4O2S/c21-17-9-5-4-8-16(17)19-22-23-20(25(19)15-6-2-1-3-7-15)28-14-18(26)24-10-12-27-13-11-24/h1-9H,10-14H2. The predicted octanol–water partition coefficient (Wildman–Crippen LogP) is 3.54. The van der Waals surface area contributed by atoms with Crippen molar-refractivity contribution in [1.82, 2.24) is 19.7 Å². The van der Waals surface area contributed by atoms with Crippen LogP contribution in [0.4, 0.5) is 0 Å². The molecular formula is C20H19ClN4O2S. The van der Waals surface area contributed by atoms with E-state index in [1.807, 2.05) is 64.1 Å². The fourth-order valence-electron chi connectivity index (χ4n) is 3.02. The molecule has 0 saturated carbocycles. The first-order valence-electron chi connectivity index (χ1n) is 8.98. The Balaban J connectivity index is 1.64. The molecule has 3 aromatic rings. The molecule has 0 spiro atoms. The predicted molar refractivity (Wildman–Crippen MR) is 110 cm³/mol. The van der Waals surface area contributed by atoms with Gasteiger partial charge < -0.3 is 9.64 Å². The Kier molecular flexibility index (Phi) is 5.95. The lowest BCUT2D eigenvalue weighted by Gasteiger charge is -2.26. The van der Waals surface area contributed by atoms with Crippen molar-refractivity contribution in [1.29, 1.82) is 0 Å². The Morgan fingerprint density at radius 2 is 1.75 bits per heavy atom. The van der Waals surface area contributed by atoms with E-state index in [0.29, 0.717) is 48.1 Å². The van der Waals surface area contributed by atoms with Gasteiger partial charge in [-0.2, -0.15) is 0 Å². The van der Waals surface area contributed by atoms with Crippen LogP contribution in [0, 0.1) is 0 Å². The fraction of sp³-hybridized carbons (Fsp3) is 0.250. The first-order chi connectivity index (χ1) is 13.7. The molecular weight excluding hydrogens is 396 g/mol. The van der Waals surface area contributed by atoms with Crippen molar-refractivity contribution >= 4 is 29.3 Å². The van der Waals surface area contributed by atoms with Gasteiger partial charge in [-0.05, 0) is 24.3 Å². The number of carbonyl (C=O) groups excluding carboxylic acids is 1. The molecule has 28 heavy (non-hydrogen) atoms. The number of ether oxygens (including phenoxy) is 1. The summed E-state index contributed by atoms with van der Waals surface area (Å²) in [6.07, 6.45) is 0. The number of aromatic nitrogens is 3. The summed E-state index contributed by atoms with van der Waals surface area (Å²) in [6, 6.07) is 17.4. The Bertz CT molecular complexity index is 958. The Labute approximate surface area is 172 Å². The average Bonchev–Trinajstić information content (AvgIpc) is 3.17. The van der Waals surface area contributed by atoms with Crippen LogP contribution in [0.3, 0.4) is 0 Å². The van der Waals surface area contributed by atoms with E-state index in [9.17, 15) is 4.79 Å². The molecule has 0 atom stereocenters. The van der Waals surface area contributed by atoms with E-state index in [-0.39, 0.29) is 5.91 Å². The molecule has 0 N–H and O–H groups in total. The number of benzene rings is 2. The van der Waals surface area contributed by atoms with Gasteiger partial charge in [0.15, 0.2) is 11.0 Å². The monoisotopic (exact) mass is 414 g/mol. The van der Waals surface area contributed by atoms with Crippen molar-refractivity contribution in [2.24, 2.45) is 0 Å². The molecule has 1 amide bonds. The van der Waals surface area contributed by atoms with E-state index < -0.39 is 0 Å². The minimum absolute atomic E-state index is 0.0789. The molecule has 0 radical (unpaired) electrons. The van der Waals surface area contributed by atoms with Crippen molar-refractivity contribution < 1.29 is 9.53 Å². The molecule has 2 aromatic carbocycles. The third-order valence-corrected chi connectivity index (χ3v) is 5.69. The van der Waals surface area contributed by atoms with Crippen LogP contribution >= 0.6 is 23.4 Å². The van der Waals surface area contributed by atoms with E-state index >= 15 is 0 Å². The quantitative estimate of drug-likeness (QED) is 0.597. The highest BCUT2D eigenvalue weighted by Crippen LogP contribution is 2.31. The van der Waals surface area contributed by atoms with Gasteiger partial charge in [0.05, 0.1) is 24.0 Å². The lowest BCUT2D eigenvalue weighted by molar-refractivity contribution is -0.132. The maximum atomic E-state index is 12.5. The molecule has 1 fully saturated rings. The van der Waals surface area contributed by atoms with Crippen molar-refractivity contribution in [3.63, 3.8) is 0 Å². The normalized spacial score (nSPS) is 14.2. The topological polar surface area (TPSA) is 60.2 Å². The Hall–Kier alpha value is -2.35. The van der Waals surface area contributed by atoms with Gasteiger partial charge in [0, 0.05) is 24.3 Å². The third-order valence-electron chi connectivity index (χ3n) is 4.45. The van der Waals surface area contributed by atoms with Crippen molar-refractivity contribution in [3.05, 3.63) is 59.6 Å². The summed E-state index contributed by atoms with van der Waals surface area (Å²) in [5.74, 6) is 1.03. The molecule has 2 heterocycles. The number of amides is 1. The van der Waals surface area contributed by atoms with Gasteiger partial charge in [0.1, 0.15) is 0 Å². The minimum atomic E-state index is 0.0789. The molecule has 6 nitrogen and oxygen atoms in total. The lowest BCUT2D eigenvalue weighted by Crippen LogP contribution is -2.41. The molecule has 0 aliphatic carbocycles. The van der Waals surface area contributed by atoms with Crippen molar-refractivity contribution in [2.75, 3.05) is 32.1 Å². The number of hydrogen-bond acceptors (Lipinski definition) is 5. The van der Waals surface area contributed by atoms with Gasteiger partial charge >= 0.3 is 0 Å². The third kappa shape index (κ3) is 4.06. The van der Waals surface area contributed by atoms with E-state index in [1.165, 1.54) is 11.8 Å². The van der Waals surface area contributed by atoms with Crippen LogP contribution in [-0.4, -0.2) is 57.6 Å². The number of nitrogens with zero attached hydrogens (tertiary/aromatic N) is 4. The molecule has 1 aliphatic rings. The van der Waals surface area contributed by atoms with Gasteiger partial charge in [-0.3, -0.25) is 9.36 Å². The Morgan fingerprint density at radius 3 is 2.50 bits per heavy atom. The fourth-order valence-corrected chi connectivity index (χ4v) is 4.10. The van der Waals surface area contributed by atoms with E-state index in [2.05, 4.69) is 10.2 Å². The zero-order valence-corrected chi connectivity index (χ0v) is 16.7. The first-order valence-corrected chi connectivity index (χ1v) is 10.3. The van der Waals surface area contributed by atoms with E-state index in [4.69, 9.17) is 16.3 Å². The van der Waals surface area contributed by atoms with Gasteiger partial charge in [-0.15, -0.1) is 10.2 Å². The van der Waals surface area contributed by atoms with Crippen LogP contribution in [0.15, 0.2) is 59.8 Å². The molecule has 144 valence electrons. The number of rotatable bonds is 5. The number of carbonyl (C=O) groups is 1. The van der Waals surface area contributed by atoms with Crippen LogP contribution in [-0.2, 0) is 9.53 Å². The zero-order chi connectivity index (χ0) is 19.3. The lowest BCUT2D eigenvalue weighted by atomic mass is 10.2. The SMILES string of the molecule is O=C(CSc1nnc(-c2ccccc2Cl)n1-c1ccccc1)N1CCOCC1. The zero-order valence-electron chi connectivity index (χ0n) is 15.1. The Morgan fingerprint density at radius 1 is 1.04 bits per heavy atom. The van der Waals surface area contributed by atoms with Gasteiger partial charge in [-0.25, -0.2) is 0 Å². The summed E-state index contributed by atoms with van der Waals surface area (Å²) in [4.78, 5) is 14.3. The van der Waals surface area contributed by atoms with Gasteiger partial charge in [-0.1, -0.05) is 53.7 Å². The van der Waals surface area contributed by atoms with Crippen LogP contribution in [0.5, 0.6) is 0 Å². The summed E-state index contributed by atoms with van der Waals surface area (Å²) in [5, 5.41) is 9.99. The maximum absolute atomic E-state index is 12.5. The van der Waals surface area contributed by atoms with Gasteiger partial charge in [0.25, 0.3) is 0 Å². The molecule has 0 bridgehead atoms.